The summed E-state index contributed by atoms with van der Waals surface area (Å²) in [5.74, 6) is -0.755. The van der Waals surface area contributed by atoms with Crippen LogP contribution in [0.25, 0.3) is 0 Å². The highest BCUT2D eigenvalue weighted by molar-refractivity contribution is 5.73. The molecule has 0 aromatic heterocycles. The zero-order valence-electron chi connectivity index (χ0n) is 31.2. The van der Waals surface area contributed by atoms with Crippen molar-refractivity contribution in [2.24, 2.45) is 0 Å². The molecule has 0 aromatic rings. The van der Waals surface area contributed by atoms with Gasteiger partial charge in [-0.05, 0) is 0 Å². The van der Waals surface area contributed by atoms with Crippen molar-refractivity contribution in [1.82, 2.24) is 5.32 Å². The predicted octanol–water partition coefficient (Wildman–Crippen LogP) is -11.8. The third-order valence-electron chi connectivity index (χ3n) is 10.7. The summed E-state index contributed by atoms with van der Waals surface area (Å²) in [7, 11) is 0. The Kier molecular flexibility index (Phi) is 17.1. The summed E-state index contributed by atoms with van der Waals surface area (Å²) in [6.07, 6.45) is -45.0. The van der Waals surface area contributed by atoms with Crippen molar-refractivity contribution in [1.29, 1.82) is 0 Å². The largest absolute Gasteiger partial charge is 0.394 e. The summed E-state index contributed by atoms with van der Waals surface area (Å²) in [6.45, 7) is -3.32. The van der Waals surface area contributed by atoms with Crippen LogP contribution in [0.2, 0.25) is 0 Å². The molecule has 27 heteroatoms. The Hall–Kier alpha value is -1.53. The molecule has 0 saturated carbocycles. The first-order chi connectivity index (χ1) is 27.9. The van der Waals surface area contributed by atoms with Crippen LogP contribution in [0.5, 0.6) is 0 Å². The van der Waals surface area contributed by atoms with E-state index in [0.717, 1.165) is 6.92 Å². The zero-order valence-corrected chi connectivity index (χ0v) is 31.2. The third kappa shape index (κ3) is 10.3. The number of hydrogen-bond acceptors (Lipinski definition) is 26. The lowest BCUT2D eigenvalue weighted by Crippen LogP contribution is -2.69. The van der Waals surface area contributed by atoms with Crippen molar-refractivity contribution >= 4 is 5.91 Å². The summed E-state index contributed by atoms with van der Waals surface area (Å²) in [6, 6.07) is -1.60. The Labute approximate surface area is 333 Å². The van der Waals surface area contributed by atoms with Gasteiger partial charge in [0.15, 0.2) is 31.5 Å². The van der Waals surface area contributed by atoms with Gasteiger partial charge in [-0.2, -0.15) is 0 Å². The van der Waals surface area contributed by atoms with E-state index in [2.05, 4.69) is 5.32 Å². The molecule has 5 aliphatic heterocycles. The number of rotatable bonds is 14. The normalized spacial score (nSPS) is 51.0. The molecule has 1 amide bonds. The van der Waals surface area contributed by atoms with E-state index in [1.165, 1.54) is 0 Å². The van der Waals surface area contributed by atoms with Crippen LogP contribution in [-0.4, -0.2) is 274 Å². The first-order valence-electron chi connectivity index (χ1n) is 18.6. The molecular weight excluding hydrogens is 814 g/mol. The summed E-state index contributed by atoms with van der Waals surface area (Å²) in [4.78, 5) is 12.0. The summed E-state index contributed by atoms with van der Waals surface area (Å²) in [5, 5.41) is 170. The second-order valence-corrected chi connectivity index (χ2v) is 14.7. The molecule has 5 aliphatic rings. The Morgan fingerprint density at radius 2 is 0.847 bits per heavy atom. The van der Waals surface area contributed by atoms with Crippen LogP contribution >= 0.6 is 0 Å². The van der Waals surface area contributed by atoms with E-state index in [-0.39, 0.29) is 0 Å². The van der Waals surface area contributed by atoms with E-state index in [0.29, 0.717) is 0 Å². The molecule has 0 bridgehead atoms. The van der Waals surface area contributed by atoms with Gasteiger partial charge in [0.1, 0.15) is 122 Å². The Bertz CT molecular complexity index is 1320. The number of nitrogens with one attached hydrogen (secondary N) is 1. The van der Waals surface area contributed by atoms with Gasteiger partial charge in [0, 0.05) is 6.92 Å². The second-order valence-electron chi connectivity index (χ2n) is 14.7. The number of hydrogen-bond donors (Lipinski definition) is 17. The lowest BCUT2D eigenvalue weighted by atomic mass is 9.95. The zero-order chi connectivity index (χ0) is 43.6. The number of ether oxygens (including phenoxy) is 9. The van der Waals surface area contributed by atoms with Crippen molar-refractivity contribution in [2.75, 3.05) is 33.0 Å². The fourth-order valence-electron chi connectivity index (χ4n) is 7.28. The van der Waals surface area contributed by atoms with Crippen LogP contribution < -0.4 is 5.32 Å². The maximum atomic E-state index is 12.0. The van der Waals surface area contributed by atoms with Gasteiger partial charge in [-0.25, -0.2) is 0 Å². The maximum Gasteiger partial charge on any atom is 0.217 e. The van der Waals surface area contributed by atoms with Crippen molar-refractivity contribution in [3.05, 3.63) is 0 Å². The molecular formula is C32H55NO26. The standard InChI is InChI=1S/C32H55NO26/c1-7(38)33-13-19(44)14(39)8(2-34)53-29(13)58-26-21(46)16(41)11(5-37)56-32(26)59-27-22(47)17(42)10(4-36)55-31(27)57-25-18(43)12(52-28(50)24(25)49)6-51-30-23(48)20(45)15(40)9(3-35)54-30/h8-32,34-37,39-50H,2-6H2,1H3,(H,33,38)/t8-,9-,10-,11-,12-,13-,14-,15+,16-,17-,18-,19-,20+,21+,22+,23-,24-,25+,26-,27-,28?,29-,30+,31-,32-/m1/s1. The maximum absolute atomic E-state index is 12.0. The highest BCUT2D eigenvalue weighted by Crippen LogP contribution is 2.35. The first-order valence-corrected chi connectivity index (χ1v) is 18.6. The fraction of sp³-hybridized carbons (Fsp3) is 0.969. The quantitative estimate of drug-likeness (QED) is 0.0770. The molecule has 0 aromatic carbocycles. The van der Waals surface area contributed by atoms with Gasteiger partial charge in [-0.3, -0.25) is 4.79 Å². The van der Waals surface area contributed by atoms with Gasteiger partial charge in [0.25, 0.3) is 0 Å². The molecule has 1 unspecified atom stereocenters. The minimum Gasteiger partial charge on any atom is -0.394 e. The lowest BCUT2D eigenvalue weighted by Gasteiger charge is -2.50. The van der Waals surface area contributed by atoms with Gasteiger partial charge < -0.3 is 130 Å². The van der Waals surface area contributed by atoms with E-state index in [1.54, 1.807) is 0 Å². The summed E-state index contributed by atoms with van der Waals surface area (Å²) < 4.78 is 50.3. The average molecular weight is 870 g/mol. The van der Waals surface area contributed by atoms with Crippen LogP contribution in [0.4, 0.5) is 0 Å². The molecule has 5 heterocycles. The molecule has 5 saturated heterocycles. The monoisotopic (exact) mass is 869 g/mol. The minimum absolute atomic E-state index is 0.755. The SMILES string of the molecule is CC(=O)N[C@H]1[C@@H](O[C@H]2[C@@H](O[C@H]3[C@@H](O[C@H]4[C@H](O)[C@@H](CO[C@H]5O[C@H](CO)[C@H](O)[C@H](O)[C@H]5O)OC(O)[C@@H]4O)O[C@H](CO)[C@@H](O)[C@@H]3O)O[C@H](CO)[C@@H](O)[C@@H]2O)O[C@H](CO)[C@@H](O)[C@@H]1O. The average Bonchev–Trinajstić information content (AvgIpc) is 3.21. The highest BCUT2D eigenvalue weighted by Gasteiger charge is 2.56. The fourth-order valence-corrected chi connectivity index (χ4v) is 7.28. The van der Waals surface area contributed by atoms with E-state index in [1.807, 2.05) is 0 Å². The lowest BCUT2D eigenvalue weighted by molar-refractivity contribution is -0.400. The second kappa shape index (κ2) is 20.8. The van der Waals surface area contributed by atoms with Crippen molar-refractivity contribution < 1.29 is 129 Å². The predicted molar refractivity (Wildman–Crippen MR) is 178 cm³/mol. The molecule has 59 heavy (non-hydrogen) atoms. The molecule has 5 fully saturated rings. The van der Waals surface area contributed by atoms with Crippen LogP contribution in [-0.2, 0) is 47.4 Å². The van der Waals surface area contributed by atoms with Crippen LogP contribution in [0.15, 0.2) is 0 Å². The van der Waals surface area contributed by atoms with E-state index < -0.39 is 192 Å². The van der Waals surface area contributed by atoms with Gasteiger partial charge in [0.05, 0.1) is 33.0 Å². The highest BCUT2D eigenvalue weighted by atomic mass is 16.8. The van der Waals surface area contributed by atoms with Gasteiger partial charge in [-0.15, -0.1) is 0 Å². The summed E-state index contributed by atoms with van der Waals surface area (Å²) in [5.41, 5.74) is 0. The number of amides is 1. The molecule has 17 N–H and O–H groups in total. The van der Waals surface area contributed by atoms with E-state index in [9.17, 15) is 86.5 Å². The minimum atomic E-state index is -2.15. The Balaban J connectivity index is 1.39. The number of aliphatic hydroxyl groups is 16. The topological polar surface area (TPSA) is 436 Å². The van der Waals surface area contributed by atoms with Crippen LogP contribution in [0, 0.1) is 0 Å². The Morgan fingerprint density at radius 3 is 1.32 bits per heavy atom. The number of aliphatic hydroxyl groups excluding tert-OH is 16. The molecule has 0 aliphatic carbocycles. The van der Waals surface area contributed by atoms with Crippen LogP contribution in [0.1, 0.15) is 6.92 Å². The van der Waals surface area contributed by atoms with Gasteiger partial charge in [-0.1, -0.05) is 0 Å². The van der Waals surface area contributed by atoms with E-state index >= 15 is 0 Å². The summed E-state index contributed by atoms with van der Waals surface area (Å²) >= 11 is 0. The molecule has 25 atom stereocenters. The van der Waals surface area contributed by atoms with E-state index in [4.69, 9.17) is 42.6 Å². The number of carbonyl (C=O) groups excluding carboxylic acids is 1. The van der Waals surface area contributed by atoms with Crippen molar-refractivity contribution in [3.63, 3.8) is 0 Å². The number of carbonyl (C=O) groups is 1. The smallest absolute Gasteiger partial charge is 0.217 e. The molecule has 5 rings (SSSR count). The van der Waals surface area contributed by atoms with Crippen molar-refractivity contribution in [2.45, 2.75) is 160 Å². The molecule has 344 valence electrons. The van der Waals surface area contributed by atoms with Crippen LogP contribution in [0.3, 0.4) is 0 Å². The molecule has 0 radical (unpaired) electrons. The van der Waals surface area contributed by atoms with Gasteiger partial charge in [0.2, 0.25) is 5.91 Å². The molecule has 27 nitrogen and oxygen atoms in total. The third-order valence-corrected chi connectivity index (χ3v) is 10.7. The first kappa shape index (κ1) is 48.5. The Morgan fingerprint density at radius 1 is 0.441 bits per heavy atom. The van der Waals surface area contributed by atoms with Crippen molar-refractivity contribution in [3.8, 4) is 0 Å². The van der Waals surface area contributed by atoms with Gasteiger partial charge >= 0.3 is 0 Å². The molecule has 0 spiro atoms.